The van der Waals surface area contributed by atoms with Gasteiger partial charge < -0.3 is 20.1 Å². The normalized spacial score (nSPS) is 23.7. The molecule has 2 aromatic heterocycles. The summed E-state index contributed by atoms with van der Waals surface area (Å²) in [6.45, 7) is 5.76. The van der Waals surface area contributed by atoms with E-state index in [1.165, 1.54) is 0 Å². The summed E-state index contributed by atoms with van der Waals surface area (Å²) < 4.78 is 40.6. The molecule has 3 heterocycles. The molecule has 2 aliphatic carbocycles. The fourth-order valence-electron chi connectivity index (χ4n) is 6.18. The topological polar surface area (TPSA) is 171 Å². The van der Waals surface area contributed by atoms with E-state index in [0.29, 0.717) is 42.1 Å². The van der Waals surface area contributed by atoms with Crippen LogP contribution in [0.4, 0.5) is 0 Å². The number of allylic oxidation sites excluding steroid dienone is 1. The second-order valence-electron chi connectivity index (χ2n) is 14.1. The molecule has 0 radical (unpaired) electrons. The van der Waals surface area contributed by atoms with E-state index in [-0.39, 0.29) is 43.6 Å². The molecule has 0 bridgehead atoms. The van der Waals surface area contributed by atoms with Crippen molar-refractivity contribution in [1.82, 2.24) is 30.1 Å². The van der Waals surface area contributed by atoms with Crippen LogP contribution in [0, 0.1) is 5.92 Å². The Hall–Kier alpha value is -4.46. The van der Waals surface area contributed by atoms with E-state index in [9.17, 15) is 22.8 Å². The summed E-state index contributed by atoms with van der Waals surface area (Å²) in [6.07, 6.45) is 10.4. The Morgan fingerprint density at radius 3 is 2.66 bits per heavy atom. The lowest BCUT2D eigenvalue weighted by Gasteiger charge is -2.24. The fourth-order valence-corrected chi connectivity index (χ4v) is 7.49. The number of benzene rings is 1. The first-order valence-corrected chi connectivity index (χ1v) is 18.8. The summed E-state index contributed by atoms with van der Waals surface area (Å²) in [5, 5.41) is 11.1. The van der Waals surface area contributed by atoms with Crippen LogP contribution in [0.25, 0.3) is 16.7 Å². The minimum absolute atomic E-state index is 0.0363. The second kappa shape index (κ2) is 14.0. The lowest BCUT2D eigenvalue weighted by Crippen LogP contribution is -2.57. The Morgan fingerprint density at radius 2 is 1.94 bits per heavy atom. The molecule has 0 unspecified atom stereocenters. The number of hydrogen-bond donors (Lipinski definition) is 3. The zero-order valence-corrected chi connectivity index (χ0v) is 29.8. The number of pyridine rings is 1. The number of amides is 3. The van der Waals surface area contributed by atoms with Gasteiger partial charge in [-0.2, -0.15) is 5.10 Å². The molecule has 0 saturated heterocycles. The molecule has 0 spiro atoms. The van der Waals surface area contributed by atoms with Gasteiger partial charge in [-0.1, -0.05) is 32.4 Å². The molecular weight excluding hydrogens is 660 g/mol. The van der Waals surface area contributed by atoms with E-state index in [1.54, 1.807) is 36.9 Å². The van der Waals surface area contributed by atoms with Gasteiger partial charge in [-0.25, -0.2) is 18.1 Å². The van der Waals surface area contributed by atoms with Gasteiger partial charge in [0.25, 0.3) is 5.91 Å². The van der Waals surface area contributed by atoms with Crippen molar-refractivity contribution in [3.63, 3.8) is 0 Å². The van der Waals surface area contributed by atoms with Crippen molar-refractivity contribution in [2.75, 3.05) is 13.7 Å². The molecule has 1 aromatic carbocycles. The third kappa shape index (κ3) is 7.49. The number of aromatic nitrogens is 3. The van der Waals surface area contributed by atoms with Crippen LogP contribution in [0.15, 0.2) is 48.7 Å². The third-order valence-corrected chi connectivity index (χ3v) is 12.1. The van der Waals surface area contributed by atoms with Crippen molar-refractivity contribution in [2.24, 2.45) is 5.92 Å². The smallest absolute Gasteiger partial charge is 0.259 e. The van der Waals surface area contributed by atoms with E-state index in [4.69, 9.17) is 14.5 Å². The standard InChI is InChI=1S/C36H46N6O7S/c1-23(2)27-14-18-42(40-27)31-21-30(26-13-12-25(48-4)20-29(26)37-31)49-19-15-28-33(44)39-36(34(45)41-50(46,47)35(3)16-17-35)22-24(36)10-8-6-5-7-9-11-32(43)38-28/h8,10,12-14,18,20-21,23-24,28H,5-7,9,11,15-17,19,22H2,1-4H3,(H,38,43)(H,39,44)(H,41,45)/t24-,28+,36-/m1/s1. The van der Waals surface area contributed by atoms with Gasteiger partial charge in [0.05, 0.1) is 29.7 Å². The number of carbonyl (C=O) groups is 3. The van der Waals surface area contributed by atoms with E-state index in [2.05, 4.69) is 34.3 Å². The molecule has 3 aliphatic rings. The van der Waals surface area contributed by atoms with Gasteiger partial charge in [-0.3, -0.25) is 19.1 Å². The number of methoxy groups -OCH3 is 1. The van der Waals surface area contributed by atoms with Crippen LogP contribution in [0.1, 0.15) is 90.2 Å². The van der Waals surface area contributed by atoms with Crippen LogP contribution >= 0.6 is 0 Å². The zero-order valence-electron chi connectivity index (χ0n) is 29.0. The molecule has 3 amide bonds. The number of rotatable bonds is 10. The molecule has 1 aliphatic heterocycles. The summed E-state index contributed by atoms with van der Waals surface area (Å²) in [5.41, 5.74) is 0.0984. The van der Waals surface area contributed by atoms with Crippen LogP contribution in [0.3, 0.4) is 0 Å². The summed E-state index contributed by atoms with van der Waals surface area (Å²) in [7, 11) is -2.35. The van der Waals surface area contributed by atoms with Crippen LogP contribution < -0.4 is 24.8 Å². The average molecular weight is 707 g/mol. The lowest BCUT2D eigenvalue weighted by atomic mass is 10.1. The van der Waals surface area contributed by atoms with Crippen LogP contribution in [-0.2, 0) is 24.4 Å². The first kappa shape index (κ1) is 35.4. The van der Waals surface area contributed by atoms with E-state index >= 15 is 0 Å². The predicted molar refractivity (Wildman–Crippen MR) is 187 cm³/mol. The lowest BCUT2D eigenvalue weighted by molar-refractivity contribution is -0.132. The number of ether oxygens (including phenoxy) is 2. The Kier molecular flexibility index (Phi) is 9.93. The maximum absolute atomic E-state index is 13.9. The van der Waals surface area contributed by atoms with Gasteiger partial charge in [0, 0.05) is 42.5 Å². The second-order valence-corrected chi connectivity index (χ2v) is 16.3. The predicted octanol–water partition coefficient (Wildman–Crippen LogP) is 4.20. The van der Waals surface area contributed by atoms with Crippen LogP contribution in [0.5, 0.6) is 11.5 Å². The van der Waals surface area contributed by atoms with Gasteiger partial charge >= 0.3 is 0 Å². The van der Waals surface area contributed by atoms with Gasteiger partial charge in [-0.15, -0.1) is 0 Å². The summed E-state index contributed by atoms with van der Waals surface area (Å²) >= 11 is 0. The molecule has 3 atom stereocenters. The maximum Gasteiger partial charge on any atom is 0.259 e. The number of hydrogen-bond acceptors (Lipinski definition) is 9. The maximum atomic E-state index is 13.9. The van der Waals surface area contributed by atoms with Crippen molar-refractivity contribution >= 4 is 38.6 Å². The minimum atomic E-state index is -3.93. The molecule has 3 aromatic rings. The zero-order chi connectivity index (χ0) is 35.7. The quantitative estimate of drug-likeness (QED) is 0.262. The van der Waals surface area contributed by atoms with Crippen molar-refractivity contribution in [3.05, 3.63) is 54.4 Å². The molecule has 2 saturated carbocycles. The third-order valence-electron chi connectivity index (χ3n) is 9.96. The molecule has 2 fully saturated rings. The molecule has 268 valence electrons. The van der Waals surface area contributed by atoms with Crippen molar-refractivity contribution in [1.29, 1.82) is 0 Å². The van der Waals surface area contributed by atoms with E-state index in [1.807, 2.05) is 30.5 Å². The Bertz CT molecular complexity index is 1920. The van der Waals surface area contributed by atoms with Crippen LogP contribution in [0.2, 0.25) is 0 Å². The molecule has 6 rings (SSSR count). The monoisotopic (exact) mass is 706 g/mol. The molecule has 3 N–H and O–H groups in total. The molecule has 50 heavy (non-hydrogen) atoms. The van der Waals surface area contributed by atoms with Crippen LogP contribution in [-0.4, -0.2) is 70.9 Å². The summed E-state index contributed by atoms with van der Waals surface area (Å²) in [4.78, 5) is 45.3. The number of nitrogens with one attached hydrogen (secondary N) is 3. The molecule has 14 heteroatoms. The highest BCUT2D eigenvalue weighted by Crippen LogP contribution is 2.47. The van der Waals surface area contributed by atoms with Gasteiger partial charge in [0.2, 0.25) is 21.8 Å². The van der Waals surface area contributed by atoms with Crippen molar-refractivity contribution in [3.8, 4) is 17.3 Å². The SMILES string of the molecule is COc1ccc2c(OCC[C@@H]3NC(=O)CCCCCC=C[C@@H]4C[C@@]4(C(=O)NS(=O)(=O)C4(C)CC4)NC3=O)cc(-n3ccc(C(C)C)n3)nc2c1. The number of fused-ring (bicyclic) bond motifs is 2. The minimum Gasteiger partial charge on any atom is -0.497 e. The fraction of sp³-hybridized carbons (Fsp3) is 0.528. The summed E-state index contributed by atoms with van der Waals surface area (Å²) in [5.74, 6) is -0.100. The highest BCUT2D eigenvalue weighted by Gasteiger charge is 2.62. The van der Waals surface area contributed by atoms with E-state index in [0.717, 1.165) is 30.3 Å². The van der Waals surface area contributed by atoms with Gasteiger partial charge in [0.15, 0.2) is 5.82 Å². The highest BCUT2D eigenvalue weighted by atomic mass is 32.2. The largest absolute Gasteiger partial charge is 0.497 e. The number of nitrogens with zero attached hydrogens (tertiary/aromatic N) is 3. The molecular formula is C36H46N6O7S. The van der Waals surface area contributed by atoms with Gasteiger partial charge in [-0.05, 0) is 69.6 Å². The first-order chi connectivity index (χ1) is 23.8. The number of sulfonamides is 1. The van der Waals surface area contributed by atoms with Crippen molar-refractivity contribution in [2.45, 2.75) is 101 Å². The molecule has 13 nitrogen and oxygen atoms in total. The Labute approximate surface area is 292 Å². The highest BCUT2D eigenvalue weighted by molar-refractivity contribution is 7.91. The van der Waals surface area contributed by atoms with E-state index < -0.39 is 38.2 Å². The summed E-state index contributed by atoms with van der Waals surface area (Å²) in [6, 6.07) is 8.13. The Balaban J connectivity index is 1.24. The Morgan fingerprint density at radius 1 is 1.14 bits per heavy atom. The number of carbonyl (C=O) groups excluding carboxylic acids is 3. The van der Waals surface area contributed by atoms with Crippen molar-refractivity contribution < 1.29 is 32.3 Å². The first-order valence-electron chi connectivity index (χ1n) is 17.4. The van der Waals surface area contributed by atoms with Gasteiger partial charge in [0.1, 0.15) is 23.1 Å². The average Bonchev–Trinajstić information content (AvgIpc) is 3.94.